The topological polar surface area (TPSA) is 36.4 Å². The lowest BCUT2D eigenvalue weighted by Gasteiger charge is -2.33. The number of hydrogen-bond acceptors (Lipinski definition) is 4. The van der Waals surface area contributed by atoms with E-state index in [1.807, 2.05) is 5.38 Å². The molecule has 1 N–H and O–H groups in total. The Morgan fingerprint density at radius 2 is 2.21 bits per heavy atom. The second kappa shape index (κ2) is 6.53. The van der Waals surface area contributed by atoms with Crippen LogP contribution in [-0.2, 0) is 5.88 Å². The van der Waals surface area contributed by atoms with Gasteiger partial charge in [-0.2, -0.15) is 0 Å². The molecule has 1 aliphatic carbocycles. The Balaban J connectivity index is 2.04. The summed E-state index contributed by atoms with van der Waals surface area (Å²) in [5.41, 5.74) is 0.461. The van der Waals surface area contributed by atoms with Crippen LogP contribution < -0.4 is 0 Å². The van der Waals surface area contributed by atoms with Crippen LogP contribution in [0.2, 0.25) is 0 Å². The van der Waals surface area contributed by atoms with Gasteiger partial charge < -0.3 is 5.11 Å². The van der Waals surface area contributed by atoms with E-state index in [9.17, 15) is 5.11 Å². The average molecular weight is 303 g/mol. The Morgan fingerprint density at radius 1 is 1.53 bits per heavy atom. The van der Waals surface area contributed by atoms with Crippen LogP contribution in [0, 0.1) is 0 Å². The highest BCUT2D eigenvalue weighted by molar-refractivity contribution is 7.09. The molecule has 3 nitrogen and oxygen atoms in total. The minimum atomic E-state index is -0.491. The van der Waals surface area contributed by atoms with E-state index in [1.54, 1.807) is 11.3 Å². The number of aliphatic hydroxyl groups is 1. The maximum Gasteiger partial charge on any atom is 0.110 e. The second-order valence-electron chi connectivity index (χ2n) is 5.58. The minimum Gasteiger partial charge on any atom is -0.389 e. The highest BCUT2D eigenvalue weighted by atomic mass is 35.5. The van der Waals surface area contributed by atoms with Crippen molar-refractivity contribution in [3.05, 3.63) is 16.1 Å². The molecular formula is C14H23ClN2OS. The zero-order valence-corrected chi connectivity index (χ0v) is 13.3. The fourth-order valence-corrected chi connectivity index (χ4v) is 4.27. The van der Waals surface area contributed by atoms with Crippen LogP contribution in [0.3, 0.4) is 0 Å². The molecule has 0 amide bonds. The third kappa shape index (κ3) is 3.69. The Kier molecular flexibility index (Phi) is 5.23. The van der Waals surface area contributed by atoms with Crippen LogP contribution >= 0.6 is 22.9 Å². The summed E-state index contributed by atoms with van der Waals surface area (Å²) in [7, 11) is 2.09. The molecule has 2 rings (SSSR count). The third-order valence-corrected chi connectivity index (χ3v) is 5.26. The number of aromatic nitrogens is 1. The van der Waals surface area contributed by atoms with Gasteiger partial charge in [-0.05, 0) is 26.3 Å². The van der Waals surface area contributed by atoms with Gasteiger partial charge in [-0.25, -0.2) is 4.98 Å². The maximum absolute atomic E-state index is 10.5. The molecule has 1 aromatic rings. The number of rotatable bonds is 6. The van der Waals surface area contributed by atoms with Crippen molar-refractivity contribution in [2.45, 2.75) is 56.6 Å². The van der Waals surface area contributed by atoms with Crippen molar-refractivity contribution >= 4 is 22.9 Å². The summed E-state index contributed by atoms with van der Waals surface area (Å²) in [6, 6.07) is 0.284. The summed E-state index contributed by atoms with van der Waals surface area (Å²) in [4.78, 5) is 6.83. The summed E-state index contributed by atoms with van der Waals surface area (Å²) in [6.45, 7) is 2.91. The number of likely N-dealkylation sites (N-methyl/N-ethyl adjacent to an activating group) is 1. The summed E-state index contributed by atoms with van der Waals surface area (Å²) in [5, 5.41) is 13.7. The SMILES string of the molecule is CCC(c1nc(CCl)cs1)N(C)CC1(O)CCCC1. The largest absolute Gasteiger partial charge is 0.389 e. The molecule has 0 radical (unpaired) electrons. The molecule has 108 valence electrons. The molecule has 0 spiro atoms. The van der Waals surface area contributed by atoms with Gasteiger partial charge in [0, 0.05) is 11.9 Å². The highest BCUT2D eigenvalue weighted by Crippen LogP contribution is 2.33. The number of halogens is 1. The lowest BCUT2D eigenvalue weighted by Crippen LogP contribution is -2.40. The van der Waals surface area contributed by atoms with Crippen molar-refractivity contribution < 1.29 is 5.11 Å². The van der Waals surface area contributed by atoms with E-state index in [1.165, 1.54) is 0 Å². The fourth-order valence-electron chi connectivity index (χ4n) is 2.98. The first-order chi connectivity index (χ1) is 9.08. The Hall–Kier alpha value is -0.160. The van der Waals surface area contributed by atoms with Crippen LogP contribution in [0.4, 0.5) is 0 Å². The van der Waals surface area contributed by atoms with Gasteiger partial charge >= 0.3 is 0 Å². The fraction of sp³-hybridized carbons (Fsp3) is 0.786. The van der Waals surface area contributed by atoms with E-state index in [0.717, 1.165) is 49.4 Å². The number of hydrogen-bond donors (Lipinski definition) is 1. The normalized spacial score (nSPS) is 20.1. The molecule has 1 aliphatic rings. The lowest BCUT2D eigenvalue weighted by molar-refractivity contribution is 0.00444. The van der Waals surface area contributed by atoms with E-state index >= 15 is 0 Å². The number of alkyl halides is 1. The van der Waals surface area contributed by atoms with Crippen LogP contribution in [0.5, 0.6) is 0 Å². The Bertz CT molecular complexity index is 404. The van der Waals surface area contributed by atoms with E-state index in [-0.39, 0.29) is 6.04 Å². The van der Waals surface area contributed by atoms with Crippen LogP contribution in [0.25, 0.3) is 0 Å². The standard InChI is InChI=1S/C14H23ClN2OS/c1-3-12(13-16-11(8-15)9-19-13)17(2)10-14(18)6-4-5-7-14/h9,12,18H,3-8,10H2,1-2H3. The smallest absolute Gasteiger partial charge is 0.110 e. The first-order valence-electron chi connectivity index (χ1n) is 7.01. The first-order valence-corrected chi connectivity index (χ1v) is 8.42. The summed E-state index contributed by atoms with van der Waals surface area (Å²) < 4.78 is 0. The zero-order chi connectivity index (χ0) is 13.9. The molecule has 0 aliphatic heterocycles. The summed E-state index contributed by atoms with van der Waals surface area (Å²) >= 11 is 7.49. The van der Waals surface area contributed by atoms with E-state index in [4.69, 9.17) is 11.6 Å². The van der Waals surface area contributed by atoms with Crippen molar-refractivity contribution in [1.29, 1.82) is 0 Å². The quantitative estimate of drug-likeness (QED) is 0.816. The van der Waals surface area contributed by atoms with Gasteiger partial charge in [-0.3, -0.25) is 4.90 Å². The van der Waals surface area contributed by atoms with Gasteiger partial charge in [-0.15, -0.1) is 22.9 Å². The number of thiazole rings is 1. The molecule has 1 saturated carbocycles. The molecule has 0 saturated heterocycles. The summed E-state index contributed by atoms with van der Waals surface area (Å²) in [5.74, 6) is 0.473. The Morgan fingerprint density at radius 3 is 2.74 bits per heavy atom. The van der Waals surface area contributed by atoms with E-state index in [2.05, 4.69) is 23.9 Å². The molecule has 0 bridgehead atoms. The van der Waals surface area contributed by atoms with Crippen LogP contribution in [0.15, 0.2) is 5.38 Å². The number of nitrogens with zero attached hydrogens (tertiary/aromatic N) is 2. The van der Waals surface area contributed by atoms with Gasteiger partial charge in [0.2, 0.25) is 0 Å². The molecule has 1 fully saturated rings. The zero-order valence-electron chi connectivity index (χ0n) is 11.7. The van der Waals surface area contributed by atoms with Crippen molar-refractivity contribution in [3.63, 3.8) is 0 Å². The van der Waals surface area contributed by atoms with Gasteiger partial charge in [0.15, 0.2) is 0 Å². The maximum atomic E-state index is 10.5. The molecule has 1 atom stereocenters. The van der Waals surface area contributed by atoms with Gasteiger partial charge in [0.05, 0.1) is 23.2 Å². The molecule has 19 heavy (non-hydrogen) atoms. The van der Waals surface area contributed by atoms with Crippen LogP contribution in [-0.4, -0.2) is 34.2 Å². The van der Waals surface area contributed by atoms with E-state index in [0.29, 0.717) is 5.88 Å². The van der Waals surface area contributed by atoms with Gasteiger partial charge in [0.1, 0.15) is 5.01 Å². The molecule has 5 heteroatoms. The third-order valence-electron chi connectivity index (χ3n) is 3.99. The van der Waals surface area contributed by atoms with Crippen molar-refractivity contribution in [2.75, 3.05) is 13.6 Å². The summed E-state index contributed by atoms with van der Waals surface area (Å²) in [6.07, 6.45) is 5.16. The van der Waals surface area contributed by atoms with Crippen molar-refractivity contribution in [1.82, 2.24) is 9.88 Å². The first kappa shape index (κ1) is 15.2. The van der Waals surface area contributed by atoms with E-state index < -0.39 is 5.60 Å². The average Bonchev–Trinajstić information content (AvgIpc) is 2.99. The van der Waals surface area contributed by atoms with Gasteiger partial charge in [-0.1, -0.05) is 19.8 Å². The lowest BCUT2D eigenvalue weighted by atomic mass is 10.0. The van der Waals surface area contributed by atoms with Gasteiger partial charge in [0.25, 0.3) is 0 Å². The minimum absolute atomic E-state index is 0.284. The second-order valence-corrected chi connectivity index (χ2v) is 6.74. The highest BCUT2D eigenvalue weighted by Gasteiger charge is 2.34. The van der Waals surface area contributed by atoms with Crippen molar-refractivity contribution in [3.8, 4) is 0 Å². The monoisotopic (exact) mass is 302 g/mol. The molecular weight excluding hydrogens is 280 g/mol. The predicted octanol–water partition coefficient (Wildman–Crippen LogP) is 3.57. The molecule has 1 heterocycles. The predicted molar refractivity (Wildman–Crippen MR) is 80.8 cm³/mol. The van der Waals surface area contributed by atoms with Crippen LogP contribution in [0.1, 0.15) is 55.8 Å². The van der Waals surface area contributed by atoms with Crippen molar-refractivity contribution in [2.24, 2.45) is 0 Å². The molecule has 0 aromatic carbocycles. The Labute approximate surface area is 124 Å². The molecule has 1 aromatic heterocycles. The molecule has 1 unspecified atom stereocenters.